The second kappa shape index (κ2) is 12.4. The van der Waals surface area contributed by atoms with Crippen molar-refractivity contribution in [3.8, 4) is 11.5 Å². The predicted molar refractivity (Wildman–Crippen MR) is 129 cm³/mol. The van der Waals surface area contributed by atoms with Crippen LogP contribution in [0.2, 0.25) is 0 Å². The van der Waals surface area contributed by atoms with Gasteiger partial charge in [0.2, 0.25) is 0 Å². The van der Waals surface area contributed by atoms with E-state index in [0.29, 0.717) is 6.54 Å². The lowest BCUT2D eigenvalue weighted by atomic mass is 10.0. The SMILES string of the molecule is COc1ccc(OC)c(C[C@H](SCN(CCO)Cc2ccccc2)c2ccccc2)c1. The first kappa shape index (κ1) is 23.2. The van der Waals surface area contributed by atoms with E-state index >= 15 is 0 Å². The lowest BCUT2D eigenvalue weighted by molar-refractivity contribution is 0.211. The number of benzene rings is 3. The molecule has 0 aliphatic rings. The number of thioether (sulfide) groups is 1. The molecule has 0 bridgehead atoms. The zero-order valence-corrected chi connectivity index (χ0v) is 19.1. The van der Waals surface area contributed by atoms with E-state index in [4.69, 9.17) is 9.47 Å². The van der Waals surface area contributed by atoms with E-state index in [1.54, 1.807) is 14.2 Å². The summed E-state index contributed by atoms with van der Waals surface area (Å²) < 4.78 is 11.1. The number of aliphatic hydroxyl groups is 1. The van der Waals surface area contributed by atoms with Crippen molar-refractivity contribution in [1.82, 2.24) is 4.90 Å². The van der Waals surface area contributed by atoms with Gasteiger partial charge in [0.25, 0.3) is 0 Å². The molecule has 0 amide bonds. The van der Waals surface area contributed by atoms with Crippen LogP contribution in [0.15, 0.2) is 78.9 Å². The van der Waals surface area contributed by atoms with Gasteiger partial charge in [-0.2, -0.15) is 0 Å². The molecule has 0 fully saturated rings. The largest absolute Gasteiger partial charge is 0.497 e. The maximum Gasteiger partial charge on any atom is 0.122 e. The number of rotatable bonds is 12. The molecule has 164 valence electrons. The molecule has 0 radical (unpaired) electrons. The van der Waals surface area contributed by atoms with Crippen molar-refractivity contribution >= 4 is 11.8 Å². The molecule has 3 rings (SSSR count). The summed E-state index contributed by atoms with van der Waals surface area (Å²) in [5.74, 6) is 2.53. The van der Waals surface area contributed by atoms with E-state index in [1.165, 1.54) is 11.1 Å². The lowest BCUT2D eigenvalue weighted by Crippen LogP contribution is -2.26. The van der Waals surface area contributed by atoms with Crippen molar-refractivity contribution in [3.63, 3.8) is 0 Å². The molecule has 0 unspecified atom stereocenters. The van der Waals surface area contributed by atoms with Gasteiger partial charge in [0.15, 0.2) is 0 Å². The zero-order valence-electron chi connectivity index (χ0n) is 18.2. The quantitative estimate of drug-likeness (QED) is 0.396. The predicted octanol–water partition coefficient (Wildman–Crippen LogP) is 5.17. The Kier molecular flexibility index (Phi) is 9.28. The first-order valence-electron chi connectivity index (χ1n) is 10.5. The summed E-state index contributed by atoms with van der Waals surface area (Å²) in [6, 6.07) is 26.9. The number of methoxy groups -OCH3 is 2. The lowest BCUT2D eigenvalue weighted by Gasteiger charge is -2.25. The van der Waals surface area contributed by atoms with Gasteiger partial charge in [-0.1, -0.05) is 60.7 Å². The molecule has 0 saturated heterocycles. The van der Waals surface area contributed by atoms with Crippen LogP contribution in [-0.4, -0.2) is 43.3 Å². The summed E-state index contributed by atoms with van der Waals surface area (Å²) in [6.45, 7) is 1.61. The van der Waals surface area contributed by atoms with Gasteiger partial charge in [-0.15, -0.1) is 11.8 Å². The first-order chi connectivity index (χ1) is 15.2. The highest BCUT2D eigenvalue weighted by Gasteiger charge is 2.18. The van der Waals surface area contributed by atoms with Gasteiger partial charge in [0, 0.05) is 24.2 Å². The van der Waals surface area contributed by atoms with Gasteiger partial charge in [-0.05, 0) is 41.3 Å². The van der Waals surface area contributed by atoms with Crippen molar-refractivity contribution < 1.29 is 14.6 Å². The standard InChI is InChI=1S/C26H31NO3S/c1-29-24-13-14-25(30-2)23(17-24)18-26(22-11-7-4-8-12-22)31-20-27(15-16-28)19-21-9-5-3-6-10-21/h3-14,17,26,28H,15-16,18-20H2,1-2H3/t26-/m0/s1. The second-order valence-electron chi connectivity index (χ2n) is 7.34. The van der Waals surface area contributed by atoms with Crippen LogP contribution >= 0.6 is 11.8 Å². The summed E-state index contributed by atoms with van der Waals surface area (Å²) in [5, 5.41) is 9.83. The third-order valence-electron chi connectivity index (χ3n) is 5.19. The molecule has 0 saturated carbocycles. The maximum atomic E-state index is 9.58. The third kappa shape index (κ3) is 7.03. The van der Waals surface area contributed by atoms with Crippen molar-refractivity contribution in [3.05, 3.63) is 95.6 Å². The molecule has 0 spiro atoms. The molecule has 0 aromatic heterocycles. The van der Waals surface area contributed by atoms with Gasteiger partial charge >= 0.3 is 0 Å². The number of ether oxygens (including phenoxy) is 2. The monoisotopic (exact) mass is 437 g/mol. The Balaban J connectivity index is 1.78. The molecule has 1 atom stereocenters. The zero-order chi connectivity index (χ0) is 21.9. The topological polar surface area (TPSA) is 41.9 Å². The fraction of sp³-hybridized carbons (Fsp3) is 0.308. The molecule has 0 aliphatic heterocycles. The van der Waals surface area contributed by atoms with Crippen molar-refractivity contribution in [1.29, 1.82) is 0 Å². The van der Waals surface area contributed by atoms with E-state index in [0.717, 1.165) is 35.9 Å². The Morgan fingerprint density at radius 1 is 0.903 bits per heavy atom. The fourth-order valence-corrected chi connectivity index (χ4v) is 4.81. The Morgan fingerprint density at radius 3 is 2.26 bits per heavy atom. The number of hydrogen-bond donors (Lipinski definition) is 1. The number of aliphatic hydroxyl groups excluding tert-OH is 1. The highest BCUT2D eigenvalue weighted by atomic mass is 32.2. The fourth-order valence-electron chi connectivity index (χ4n) is 3.55. The van der Waals surface area contributed by atoms with Gasteiger partial charge in [0.05, 0.1) is 20.8 Å². The molecular formula is C26H31NO3S. The molecule has 31 heavy (non-hydrogen) atoms. The van der Waals surface area contributed by atoms with E-state index in [1.807, 2.05) is 36.0 Å². The van der Waals surface area contributed by atoms with Crippen molar-refractivity contribution in [2.45, 2.75) is 18.2 Å². The summed E-state index contributed by atoms with van der Waals surface area (Å²) in [7, 11) is 3.39. The smallest absolute Gasteiger partial charge is 0.122 e. The first-order valence-corrected chi connectivity index (χ1v) is 11.5. The summed E-state index contributed by atoms with van der Waals surface area (Å²) in [4.78, 5) is 2.29. The Morgan fingerprint density at radius 2 is 1.61 bits per heavy atom. The van der Waals surface area contributed by atoms with Crippen LogP contribution in [0.4, 0.5) is 0 Å². The summed E-state index contributed by atoms with van der Waals surface area (Å²) in [6.07, 6.45) is 0.827. The molecule has 3 aromatic carbocycles. The maximum absolute atomic E-state index is 9.58. The van der Waals surface area contributed by atoms with Gasteiger partial charge in [-0.3, -0.25) is 4.90 Å². The number of hydrogen-bond acceptors (Lipinski definition) is 5. The van der Waals surface area contributed by atoms with Gasteiger partial charge < -0.3 is 14.6 Å². The van der Waals surface area contributed by atoms with Gasteiger partial charge in [-0.25, -0.2) is 0 Å². The van der Waals surface area contributed by atoms with Crippen LogP contribution in [-0.2, 0) is 13.0 Å². The Hall–Kier alpha value is -2.47. The van der Waals surface area contributed by atoms with E-state index < -0.39 is 0 Å². The highest BCUT2D eigenvalue weighted by Crippen LogP contribution is 2.36. The molecule has 3 aromatic rings. The van der Waals surface area contributed by atoms with Crippen LogP contribution in [0.1, 0.15) is 21.9 Å². The molecular weight excluding hydrogens is 406 g/mol. The van der Waals surface area contributed by atoms with Crippen LogP contribution in [0.5, 0.6) is 11.5 Å². The second-order valence-corrected chi connectivity index (χ2v) is 8.50. The van der Waals surface area contributed by atoms with Crippen LogP contribution in [0.25, 0.3) is 0 Å². The van der Waals surface area contributed by atoms with E-state index in [-0.39, 0.29) is 11.9 Å². The van der Waals surface area contributed by atoms with Crippen molar-refractivity contribution in [2.75, 3.05) is 33.2 Å². The molecule has 0 aliphatic carbocycles. The van der Waals surface area contributed by atoms with E-state index in [2.05, 4.69) is 59.5 Å². The Bertz CT molecular complexity index is 905. The van der Waals surface area contributed by atoms with Crippen LogP contribution < -0.4 is 9.47 Å². The third-order valence-corrected chi connectivity index (χ3v) is 6.54. The minimum atomic E-state index is 0.146. The van der Waals surface area contributed by atoms with Gasteiger partial charge in [0.1, 0.15) is 11.5 Å². The normalized spacial score (nSPS) is 12.0. The average Bonchev–Trinajstić information content (AvgIpc) is 2.82. The number of nitrogens with zero attached hydrogens (tertiary/aromatic N) is 1. The summed E-state index contributed by atoms with van der Waals surface area (Å²) in [5.41, 5.74) is 3.66. The molecule has 0 heterocycles. The minimum absolute atomic E-state index is 0.146. The average molecular weight is 438 g/mol. The molecule has 1 N–H and O–H groups in total. The van der Waals surface area contributed by atoms with Crippen LogP contribution in [0.3, 0.4) is 0 Å². The highest BCUT2D eigenvalue weighted by molar-refractivity contribution is 7.99. The van der Waals surface area contributed by atoms with E-state index in [9.17, 15) is 5.11 Å². The minimum Gasteiger partial charge on any atom is -0.497 e. The van der Waals surface area contributed by atoms with Crippen LogP contribution in [0, 0.1) is 0 Å². The Labute approximate surface area is 189 Å². The summed E-state index contributed by atoms with van der Waals surface area (Å²) >= 11 is 1.89. The molecule has 4 nitrogen and oxygen atoms in total. The molecule has 5 heteroatoms. The van der Waals surface area contributed by atoms with Crippen molar-refractivity contribution in [2.24, 2.45) is 0 Å².